The van der Waals surface area contributed by atoms with Crippen molar-refractivity contribution < 1.29 is 4.79 Å². The Kier molecular flexibility index (Phi) is 4.94. The zero-order chi connectivity index (χ0) is 13.5. The van der Waals surface area contributed by atoms with E-state index in [1.54, 1.807) is 0 Å². The maximum atomic E-state index is 11.6. The molecule has 0 aliphatic heterocycles. The smallest absolute Gasteiger partial charge is 0.263 e. The third kappa shape index (κ3) is 4.30. The highest BCUT2D eigenvalue weighted by atomic mass is 16.1. The van der Waals surface area contributed by atoms with Crippen molar-refractivity contribution >= 4 is 11.6 Å². The number of nitrogens with zero attached hydrogens (tertiary/aromatic N) is 1. The van der Waals surface area contributed by atoms with Gasteiger partial charge in [-0.3, -0.25) is 4.79 Å². The second-order valence-corrected chi connectivity index (χ2v) is 4.31. The summed E-state index contributed by atoms with van der Waals surface area (Å²) in [6.07, 6.45) is 1.42. The highest BCUT2D eigenvalue weighted by Crippen LogP contribution is 2.10. The summed E-state index contributed by atoms with van der Waals surface area (Å²) in [5, 5.41) is 14.5. The van der Waals surface area contributed by atoms with Gasteiger partial charge in [-0.05, 0) is 38.5 Å². The molecule has 0 spiro atoms. The predicted molar refractivity (Wildman–Crippen MR) is 71.8 cm³/mol. The summed E-state index contributed by atoms with van der Waals surface area (Å²) in [6, 6.07) is 9.58. The van der Waals surface area contributed by atoms with E-state index in [4.69, 9.17) is 5.26 Å². The minimum Gasteiger partial charge on any atom is -0.360 e. The summed E-state index contributed by atoms with van der Waals surface area (Å²) in [5.74, 6) is -0.368. The molecule has 18 heavy (non-hydrogen) atoms. The fourth-order valence-corrected chi connectivity index (χ4v) is 1.38. The Morgan fingerprint density at radius 3 is 2.72 bits per heavy atom. The number of carbonyl (C=O) groups is 1. The first-order valence-electron chi connectivity index (χ1n) is 5.77. The van der Waals surface area contributed by atoms with E-state index in [9.17, 15) is 4.79 Å². The van der Waals surface area contributed by atoms with Gasteiger partial charge in [-0.25, -0.2) is 0 Å². The lowest BCUT2D eigenvalue weighted by Gasteiger charge is -2.07. The van der Waals surface area contributed by atoms with Gasteiger partial charge in [0, 0.05) is 17.9 Å². The molecule has 0 aliphatic carbocycles. The fraction of sp³-hybridized carbons (Fsp3) is 0.286. The number of rotatable bonds is 4. The Morgan fingerprint density at radius 2 is 2.17 bits per heavy atom. The number of aryl methyl sites for hydroxylation is 1. The Labute approximate surface area is 107 Å². The quantitative estimate of drug-likeness (QED) is 0.630. The average Bonchev–Trinajstić information content (AvgIpc) is 2.29. The minimum absolute atomic E-state index is 0.00761. The van der Waals surface area contributed by atoms with Gasteiger partial charge in [0.2, 0.25) is 0 Å². The van der Waals surface area contributed by atoms with Crippen LogP contribution in [0.1, 0.15) is 19.4 Å². The highest BCUT2D eigenvalue weighted by Gasteiger charge is 2.09. The zero-order valence-electron chi connectivity index (χ0n) is 10.8. The van der Waals surface area contributed by atoms with Gasteiger partial charge >= 0.3 is 0 Å². The monoisotopic (exact) mass is 243 g/mol. The molecule has 0 saturated carbocycles. The molecule has 1 rings (SSSR count). The third-order valence-corrected chi connectivity index (χ3v) is 2.19. The van der Waals surface area contributed by atoms with E-state index in [2.05, 4.69) is 10.6 Å². The van der Waals surface area contributed by atoms with Gasteiger partial charge in [-0.1, -0.05) is 12.1 Å². The molecule has 0 unspecified atom stereocenters. The molecule has 1 aromatic rings. The molecular weight excluding hydrogens is 226 g/mol. The Morgan fingerprint density at radius 1 is 1.44 bits per heavy atom. The summed E-state index contributed by atoms with van der Waals surface area (Å²) in [7, 11) is 0. The predicted octanol–water partition coefficient (Wildman–Crippen LogP) is 2.34. The maximum absolute atomic E-state index is 11.6. The van der Waals surface area contributed by atoms with E-state index in [1.807, 2.05) is 51.1 Å². The van der Waals surface area contributed by atoms with Gasteiger partial charge in [-0.2, -0.15) is 5.26 Å². The SMILES string of the molecule is Cc1cccc(N/C=C(/C#N)C(=O)NC(C)C)c1. The molecule has 4 nitrogen and oxygen atoms in total. The van der Waals surface area contributed by atoms with E-state index in [0.29, 0.717) is 0 Å². The van der Waals surface area contributed by atoms with Crippen molar-refractivity contribution in [3.8, 4) is 6.07 Å². The van der Waals surface area contributed by atoms with Gasteiger partial charge in [0.15, 0.2) is 0 Å². The molecule has 0 radical (unpaired) electrons. The first-order valence-corrected chi connectivity index (χ1v) is 5.77. The van der Waals surface area contributed by atoms with Gasteiger partial charge < -0.3 is 10.6 Å². The van der Waals surface area contributed by atoms with Crippen molar-refractivity contribution in [3.63, 3.8) is 0 Å². The van der Waals surface area contributed by atoms with Crippen LogP contribution in [-0.4, -0.2) is 11.9 Å². The Balaban J connectivity index is 2.75. The summed E-state index contributed by atoms with van der Waals surface area (Å²) in [4.78, 5) is 11.6. The van der Waals surface area contributed by atoms with Crippen LogP contribution in [0.25, 0.3) is 0 Å². The number of hydrogen-bond acceptors (Lipinski definition) is 3. The summed E-state index contributed by atoms with van der Waals surface area (Å²) >= 11 is 0. The number of carbonyl (C=O) groups excluding carboxylic acids is 1. The van der Waals surface area contributed by atoms with Gasteiger partial charge in [0.1, 0.15) is 11.6 Å². The number of nitriles is 1. The van der Waals surface area contributed by atoms with Crippen LogP contribution in [0.15, 0.2) is 36.0 Å². The van der Waals surface area contributed by atoms with E-state index in [0.717, 1.165) is 11.3 Å². The minimum atomic E-state index is -0.368. The molecule has 1 amide bonds. The van der Waals surface area contributed by atoms with Crippen LogP contribution < -0.4 is 10.6 Å². The summed E-state index contributed by atoms with van der Waals surface area (Å²) < 4.78 is 0. The highest BCUT2D eigenvalue weighted by molar-refractivity contribution is 5.97. The molecule has 0 fully saturated rings. The Hall–Kier alpha value is -2.28. The Bertz CT molecular complexity index is 498. The van der Waals surface area contributed by atoms with Crippen molar-refractivity contribution in [2.24, 2.45) is 0 Å². The molecule has 0 saturated heterocycles. The van der Waals surface area contributed by atoms with Crippen LogP contribution >= 0.6 is 0 Å². The van der Waals surface area contributed by atoms with E-state index in [-0.39, 0.29) is 17.5 Å². The molecule has 0 aromatic heterocycles. The van der Waals surface area contributed by atoms with Crippen LogP contribution in [0.2, 0.25) is 0 Å². The summed E-state index contributed by atoms with van der Waals surface area (Å²) in [6.45, 7) is 5.67. The summed E-state index contributed by atoms with van der Waals surface area (Å²) in [5.41, 5.74) is 2.02. The third-order valence-electron chi connectivity index (χ3n) is 2.19. The number of hydrogen-bond donors (Lipinski definition) is 2. The molecule has 94 valence electrons. The van der Waals surface area contributed by atoms with E-state index < -0.39 is 0 Å². The molecule has 4 heteroatoms. The van der Waals surface area contributed by atoms with Gasteiger partial charge in [-0.15, -0.1) is 0 Å². The second-order valence-electron chi connectivity index (χ2n) is 4.31. The van der Waals surface area contributed by atoms with Gasteiger partial charge in [0.05, 0.1) is 0 Å². The molecule has 2 N–H and O–H groups in total. The normalized spacial score (nSPS) is 10.9. The van der Waals surface area contributed by atoms with Crippen LogP contribution in [0.4, 0.5) is 5.69 Å². The largest absolute Gasteiger partial charge is 0.360 e. The van der Waals surface area contributed by atoms with Crippen LogP contribution in [0.5, 0.6) is 0 Å². The van der Waals surface area contributed by atoms with Crippen LogP contribution in [-0.2, 0) is 4.79 Å². The van der Waals surface area contributed by atoms with Crippen molar-refractivity contribution in [1.82, 2.24) is 5.32 Å². The number of anilines is 1. The zero-order valence-corrected chi connectivity index (χ0v) is 10.8. The lowest BCUT2D eigenvalue weighted by atomic mass is 10.2. The molecule has 1 aromatic carbocycles. The lowest BCUT2D eigenvalue weighted by molar-refractivity contribution is -0.117. The van der Waals surface area contributed by atoms with Crippen LogP contribution in [0.3, 0.4) is 0 Å². The fourth-order valence-electron chi connectivity index (χ4n) is 1.38. The van der Waals surface area contributed by atoms with Crippen LogP contribution in [0, 0.1) is 18.3 Å². The average molecular weight is 243 g/mol. The molecule has 0 atom stereocenters. The van der Waals surface area contributed by atoms with Crippen molar-refractivity contribution in [2.75, 3.05) is 5.32 Å². The number of amides is 1. The standard InChI is InChI=1S/C14H17N3O/c1-10(2)17-14(18)12(8-15)9-16-13-6-4-5-11(3)7-13/h4-7,9-10,16H,1-3H3,(H,17,18)/b12-9-. The molecule has 0 aliphatic rings. The van der Waals surface area contributed by atoms with Crippen molar-refractivity contribution in [1.29, 1.82) is 5.26 Å². The maximum Gasteiger partial charge on any atom is 0.263 e. The second kappa shape index (κ2) is 6.45. The van der Waals surface area contributed by atoms with E-state index in [1.165, 1.54) is 6.20 Å². The van der Waals surface area contributed by atoms with E-state index >= 15 is 0 Å². The molecule has 0 bridgehead atoms. The molecule has 0 heterocycles. The first kappa shape index (κ1) is 13.8. The molecular formula is C14H17N3O. The van der Waals surface area contributed by atoms with Crippen molar-refractivity contribution in [3.05, 3.63) is 41.6 Å². The lowest BCUT2D eigenvalue weighted by Crippen LogP contribution is -2.31. The topological polar surface area (TPSA) is 64.9 Å². The first-order chi connectivity index (χ1) is 8.52. The number of nitrogens with one attached hydrogen (secondary N) is 2. The van der Waals surface area contributed by atoms with Gasteiger partial charge in [0.25, 0.3) is 5.91 Å². The van der Waals surface area contributed by atoms with Crippen molar-refractivity contribution in [2.45, 2.75) is 26.8 Å². The number of benzene rings is 1.